The van der Waals surface area contributed by atoms with Gasteiger partial charge >= 0.3 is 17.2 Å². The fourth-order valence-electron chi connectivity index (χ4n) is 1.44. The predicted octanol–water partition coefficient (Wildman–Crippen LogP) is -1.65. The third-order valence-corrected chi connectivity index (χ3v) is 2.43. The molecule has 1 atom stereocenters. The number of nitrogens with two attached hydrogens (primary N) is 1. The highest BCUT2D eigenvalue weighted by atomic mass is 16.6. The topological polar surface area (TPSA) is 149 Å². The molecule has 4 N–H and O–H groups in total. The van der Waals surface area contributed by atoms with Crippen LogP contribution in [0.1, 0.15) is 20.8 Å². The molecule has 0 bridgehead atoms. The van der Waals surface area contributed by atoms with E-state index in [4.69, 9.17) is 10.5 Å². The van der Waals surface area contributed by atoms with Crippen LogP contribution in [-0.4, -0.2) is 44.8 Å². The van der Waals surface area contributed by atoms with Gasteiger partial charge in [-0.2, -0.15) is 5.10 Å². The molecule has 0 saturated carbocycles. The Morgan fingerprint density at radius 1 is 1.45 bits per heavy atom. The molecule has 1 aromatic heterocycles. The van der Waals surface area contributed by atoms with E-state index in [0.29, 0.717) is 0 Å². The zero-order valence-electron chi connectivity index (χ0n) is 12.6. The Morgan fingerprint density at radius 3 is 2.68 bits per heavy atom. The molecule has 0 aliphatic carbocycles. The van der Waals surface area contributed by atoms with Gasteiger partial charge in [-0.25, -0.2) is 9.89 Å². The molecule has 0 saturated heterocycles. The molecule has 1 unspecified atom stereocenters. The minimum atomic E-state index is -1.07. The van der Waals surface area contributed by atoms with E-state index < -0.39 is 34.6 Å². The number of Topliss-reactive ketones (excluding diaryl/α,β-unsaturated/α-hetero) is 1. The van der Waals surface area contributed by atoms with E-state index in [1.54, 1.807) is 20.8 Å². The first-order valence-electron chi connectivity index (χ1n) is 6.49. The summed E-state index contributed by atoms with van der Waals surface area (Å²) in [5.74, 6) is -0.516. The second-order valence-electron chi connectivity index (χ2n) is 5.57. The highest BCUT2D eigenvalue weighted by Crippen LogP contribution is 2.06. The number of aromatic amines is 1. The third kappa shape index (κ3) is 5.48. The van der Waals surface area contributed by atoms with Gasteiger partial charge in [0.2, 0.25) is 0 Å². The Morgan fingerprint density at radius 2 is 2.09 bits per heavy atom. The van der Waals surface area contributed by atoms with Crippen molar-refractivity contribution in [2.24, 2.45) is 5.73 Å². The lowest BCUT2D eigenvalue weighted by atomic mass is 10.2. The molecule has 1 amide bonds. The number of rotatable bonds is 5. The Kier molecular flexibility index (Phi) is 5.57. The summed E-state index contributed by atoms with van der Waals surface area (Å²) < 4.78 is 5.89. The van der Waals surface area contributed by atoms with E-state index >= 15 is 0 Å². The highest BCUT2D eigenvalue weighted by molar-refractivity contribution is 5.88. The number of H-pyrrole nitrogens is 1. The summed E-state index contributed by atoms with van der Waals surface area (Å²) in [6.45, 7) is 4.50. The molecule has 1 aromatic rings. The van der Waals surface area contributed by atoms with Crippen LogP contribution in [0.2, 0.25) is 0 Å². The quantitative estimate of drug-likeness (QED) is 0.551. The second-order valence-corrected chi connectivity index (χ2v) is 5.57. The molecule has 122 valence electrons. The second kappa shape index (κ2) is 6.98. The van der Waals surface area contributed by atoms with E-state index in [1.165, 1.54) is 0 Å². The molecule has 1 rings (SSSR count). The molecule has 10 nitrogen and oxygen atoms in total. The van der Waals surface area contributed by atoms with Gasteiger partial charge in [0.1, 0.15) is 11.9 Å². The van der Waals surface area contributed by atoms with Crippen molar-refractivity contribution in [2.75, 3.05) is 6.54 Å². The lowest BCUT2D eigenvalue weighted by molar-refractivity contribution is -0.119. The van der Waals surface area contributed by atoms with Crippen molar-refractivity contribution in [1.29, 1.82) is 0 Å². The van der Waals surface area contributed by atoms with Gasteiger partial charge in [0.25, 0.3) is 0 Å². The van der Waals surface area contributed by atoms with Gasteiger partial charge in [-0.15, -0.1) is 0 Å². The van der Waals surface area contributed by atoms with Gasteiger partial charge in [-0.05, 0) is 20.8 Å². The Hall–Kier alpha value is -2.49. The van der Waals surface area contributed by atoms with E-state index in [-0.39, 0.29) is 13.1 Å². The summed E-state index contributed by atoms with van der Waals surface area (Å²) in [6.07, 6.45) is 0.320. The standard InChI is InChI=1S/C12H19N5O5/c1-12(2,3)22-11(21)14-4-8(18)7(13)5-17-6-15-16-9(19)10(17)20/h6-7H,4-5,13H2,1-3H3,(H,14,21)(H,16,19). The van der Waals surface area contributed by atoms with Crippen LogP contribution in [-0.2, 0) is 16.1 Å². The molecule has 1 heterocycles. The average Bonchev–Trinajstić information content (AvgIpc) is 2.39. The number of ether oxygens (including phenoxy) is 1. The van der Waals surface area contributed by atoms with Gasteiger partial charge in [0.15, 0.2) is 5.78 Å². The molecule has 0 aliphatic heterocycles. The number of carbonyl (C=O) groups excluding carboxylic acids is 2. The minimum absolute atomic E-state index is 0.218. The largest absolute Gasteiger partial charge is 0.444 e. The van der Waals surface area contributed by atoms with Crippen molar-refractivity contribution in [1.82, 2.24) is 20.1 Å². The SMILES string of the molecule is CC(C)(C)OC(=O)NCC(=O)C(N)Cn1cn[nH]c(=O)c1=O. The van der Waals surface area contributed by atoms with Crippen LogP contribution in [0.3, 0.4) is 0 Å². The summed E-state index contributed by atoms with van der Waals surface area (Å²) >= 11 is 0. The number of hydrogen-bond acceptors (Lipinski definition) is 7. The minimum Gasteiger partial charge on any atom is -0.444 e. The summed E-state index contributed by atoms with van der Waals surface area (Å²) in [6, 6.07) is -1.07. The molecule has 10 heteroatoms. The van der Waals surface area contributed by atoms with E-state index in [2.05, 4.69) is 10.4 Å². The molecule has 0 radical (unpaired) electrons. The third-order valence-electron chi connectivity index (χ3n) is 2.43. The van der Waals surface area contributed by atoms with Crippen LogP contribution in [0.4, 0.5) is 4.79 Å². The monoisotopic (exact) mass is 313 g/mol. The van der Waals surface area contributed by atoms with Crippen LogP contribution >= 0.6 is 0 Å². The first kappa shape index (κ1) is 17.6. The van der Waals surface area contributed by atoms with Crippen LogP contribution in [0.25, 0.3) is 0 Å². The lowest BCUT2D eigenvalue weighted by Gasteiger charge is -2.20. The van der Waals surface area contributed by atoms with Crippen molar-refractivity contribution >= 4 is 11.9 Å². The smallest absolute Gasteiger partial charge is 0.408 e. The fourth-order valence-corrected chi connectivity index (χ4v) is 1.44. The molecule has 0 spiro atoms. The summed E-state index contributed by atoms with van der Waals surface area (Å²) in [7, 11) is 0. The van der Waals surface area contributed by atoms with Gasteiger partial charge in [-0.3, -0.25) is 19.0 Å². The van der Waals surface area contributed by atoms with E-state index in [9.17, 15) is 19.2 Å². The zero-order valence-corrected chi connectivity index (χ0v) is 12.6. The first-order valence-corrected chi connectivity index (χ1v) is 6.49. The number of nitrogens with one attached hydrogen (secondary N) is 2. The van der Waals surface area contributed by atoms with Crippen LogP contribution in [0.15, 0.2) is 15.9 Å². The van der Waals surface area contributed by atoms with Gasteiger partial charge in [0, 0.05) is 6.54 Å². The van der Waals surface area contributed by atoms with E-state index in [1.807, 2.05) is 5.10 Å². The first-order chi connectivity index (χ1) is 10.1. The number of hydrogen-bond donors (Lipinski definition) is 3. The van der Waals surface area contributed by atoms with Crippen molar-refractivity contribution in [3.8, 4) is 0 Å². The lowest BCUT2D eigenvalue weighted by Crippen LogP contribution is -2.46. The average molecular weight is 313 g/mol. The van der Waals surface area contributed by atoms with Gasteiger partial charge in [-0.1, -0.05) is 0 Å². The highest BCUT2D eigenvalue weighted by Gasteiger charge is 2.19. The number of alkyl carbamates (subject to hydrolysis) is 1. The zero-order chi connectivity index (χ0) is 16.9. The number of aromatic nitrogens is 3. The fraction of sp³-hybridized carbons (Fsp3) is 0.583. The number of amides is 1. The number of carbonyl (C=O) groups is 2. The molecular formula is C12H19N5O5. The van der Waals surface area contributed by atoms with Crippen LogP contribution in [0.5, 0.6) is 0 Å². The van der Waals surface area contributed by atoms with Crippen molar-refractivity contribution in [2.45, 2.75) is 39.0 Å². The van der Waals surface area contributed by atoms with Crippen molar-refractivity contribution < 1.29 is 14.3 Å². The van der Waals surface area contributed by atoms with Crippen LogP contribution in [0, 0.1) is 0 Å². The molecule has 0 fully saturated rings. The van der Waals surface area contributed by atoms with Gasteiger partial charge < -0.3 is 15.8 Å². The Labute approximate surface area is 125 Å². The molecule has 0 aromatic carbocycles. The summed E-state index contributed by atoms with van der Waals surface area (Å²) in [4.78, 5) is 45.8. The Balaban J connectivity index is 2.56. The maximum Gasteiger partial charge on any atom is 0.408 e. The predicted molar refractivity (Wildman–Crippen MR) is 76.3 cm³/mol. The summed E-state index contributed by atoms with van der Waals surface area (Å²) in [5, 5.41) is 7.68. The van der Waals surface area contributed by atoms with Crippen molar-refractivity contribution in [3.05, 3.63) is 27.0 Å². The van der Waals surface area contributed by atoms with Crippen LogP contribution < -0.4 is 22.2 Å². The van der Waals surface area contributed by atoms with Crippen molar-refractivity contribution in [3.63, 3.8) is 0 Å². The summed E-state index contributed by atoms with van der Waals surface area (Å²) in [5.41, 5.74) is 3.19. The Bertz CT molecular complexity index is 657. The maximum atomic E-state index is 11.8. The normalized spacial score (nSPS) is 12.5. The van der Waals surface area contributed by atoms with E-state index in [0.717, 1.165) is 10.9 Å². The maximum absolute atomic E-state index is 11.8. The molecule has 22 heavy (non-hydrogen) atoms. The molecular weight excluding hydrogens is 294 g/mol. The number of nitrogens with zero attached hydrogens (tertiary/aromatic N) is 2. The van der Waals surface area contributed by atoms with Gasteiger partial charge in [0.05, 0.1) is 12.6 Å². The molecule has 0 aliphatic rings. The number of ketones is 1.